The Balaban J connectivity index is 1.66. The van der Waals surface area contributed by atoms with Gasteiger partial charge in [0.15, 0.2) is 0 Å². The van der Waals surface area contributed by atoms with Gasteiger partial charge in [-0.3, -0.25) is 0 Å². The van der Waals surface area contributed by atoms with E-state index < -0.39 is 0 Å². The molecule has 1 aliphatic rings. The maximum atomic E-state index is 5.89. The van der Waals surface area contributed by atoms with E-state index in [1.807, 2.05) is 24.3 Å². The number of hydrogen-bond acceptors (Lipinski definition) is 3. The molecule has 1 aliphatic carbocycles. The molecular weight excluding hydrogens is 262 g/mol. The maximum absolute atomic E-state index is 5.89. The van der Waals surface area contributed by atoms with Crippen molar-refractivity contribution < 1.29 is 9.47 Å². The molecule has 0 aliphatic heterocycles. The molecule has 0 aromatic heterocycles. The highest BCUT2D eigenvalue weighted by Gasteiger charge is 2.18. The van der Waals surface area contributed by atoms with Crippen LogP contribution in [-0.4, -0.2) is 25.9 Å². The van der Waals surface area contributed by atoms with Crippen molar-refractivity contribution in [1.29, 1.82) is 0 Å². The lowest BCUT2D eigenvalue weighted by Gasteiger charge is -2.26. The summed E-state index contributed by atoms with van der Waals surface area (Å²) in [7, 11) is 0. The number of hydrogen-bond donors (Lipinski definition) is 1. The number of benzene rings is 1. The van der Waals surface area contributed by atoms with E-state index in [1.54, 1.807) is 0 Å². The fourth-order valence-electron chi connectivity index (χ4n) is 2.69. The lowest BCUT2D eigenvalue weighted by molar-refractivity contribution is 0.00196. The summed E-state index contributed by atoms with van der Waals surface area (Å²) >= 11 is 0. The Bertz CT molecular complexity index is 472. The van der Waals surface area contributed by atoms with Gasteiger partial charge in [0, 0.05) is 5.56 Å². The third kappa shape index (κ3) is 5.79. The summed E-state index contributed by atoms with van der Waals surface area (Å²) < 4.78 is 11.6. The Labute approximate surface area is 127 Å². The second kappa shape index (κ2) is 8.71. The Morgan fingerprint density at radius 3 is 2.71 bits per heavy atom. The van der Waals surface area contributed by atoms with E-state index in [2.05, 4.69) is 18.8 Å². The molecule has 1 saturated carbocycles. The lowest BCUT2D eigenvalue weighted by atomic mass is 9.89. The highest BCUT2D eigenvalue weighted by Crippen LogP contribution is 2.25. The van der Waals surface area contributed by atoms with Crippen LogP contribution in [0.2, 0.25) is 0 Å². The minimum atomic E-state index is 0.384. The molecule has 1 aromatic carbocycles. The zero-order valence-corrected chi connectivity index (χ0v) is 12.8. The third-order valence-electron chi connectivity index (χ3n) is 3.78. The highest BCUT2D eigenvalue weighted by molar-refractivity contribution is 5.38. The predicted molar refractivity (Wildman–Crippen MR) is 85.2 cm³/mol. The topological polar surface area (TPSA) is 44.5 Å². The number of ether oxygens (including phenoxy) is 2. The number of rotatable bonds is 5. The minimum absolute atomic E-state index is 0.384. The molecule has 0 saturated heterocycles. The van der Waals surface area contributed by atoms with Crippen molar-refractivity contribution in [3.05, 3.63) is 29.8 Å². The van der Waals surface area contributed by atoms with Gasteiger partial charge in [0.05, 0.1) is 19.3 Å². The summed E-state index contributed by atoms with van der Waals surface area (Å²) in [4.78, 5) is 0. The van der Waals surface area contributed by atoms with E-state index in [0.717, 1.165) is 17.2 Å². The standard InChI is InChI=1S/C18H25NO2/c1-15-4-2-6-18(14-15)21-13-12-20-17-9-7-16(8-10-17)5-3-11-19/h7-10,15,18H,2,4,6,11-14,19H2,1H3. The fraction of sp³-hybridized carbons (Fsp3) is 0.556. The van der Waals surface area contributed by atoms with E-state index in [1.165, 1.54) is 25.7 Å². The second-order valence-corrected chi connectivity index (χ2v) is 5.64. The van der Waals surface area contributed by atoms with Crippen molar-refractivity contribution >= 4 is 0 Å². The summed E-state index contributed by atoms with van der Waals surface area (Å²) in [6.07, 6.45) is 5.44. The van der Waals surface area contributed by atoms with Crippen LogP contribution in [0.3, 0.4) is 0 Å². The van der Waals surface area contributed by atoms with Gasteiger partial charge in [-0.2, -0.15) is 0 Å². The second-order valence-electron chi connectivity index (χ2n) is 5.64. The summed E-state index contributed by atoms with van der Waals surface area (Å²) in [6, 6.07) is 7.76. The van der Waals surface area contributed by atoms with Crippen LogP contribution in [0.4, 0.5) is 0 Å². The first-order valence-electron chi connectivity index (χ1n) is 7.81. The molecule has 21 heavy (non-hydrogen) atoms. The summed E-state index contributed by atoms with van der Waals surface area (Å²) in [5.41, 5.74) is 6.30. The van der Waals surface area contributed by atoms with Gasteiger partial charge in [0.1, 0.15) is 12.4 Å². The van der Waals surface area contributed by atoms with Crippen LogP contribution < -0.4 is 10.5 Å². The van der Waals surface area contributed by atoms with E-state index in [9.17, 15) is 0 Å². The molecule has 1 fully saturated rings. The van der Waals surface area contributed by atoms with Gasteiger partial charge >= 0.3 is 0 Å². The van der Waals surface area contributed by atoms with Crippen LogP contribution >= 0.6 is 0 Å². The summed E-state index contributed by atoms with van der Waals surface area (Å²) in [5.74, 6) is 7.48. The molecule has 0 bridgehead atoms. The van der Waals surface area contributed by atoms with E-state index in [0.29, 0.717) is 25.9 Å². The molecule has 114 valence electrons. The molecule has 0 spiro atoms. The van der Waals surface area contributed by atoms with E-state index >= 15 is 0 Å². The molecule has 2 N–H and O–H groups in total. The summed E-state index contributed by atoms with van der Waals surface area (Å²) in [5, 5.41) is 0. The summed E-state index contributed by atoms with van der Waals surface area (Å²) in [6.45, 7) is 3.95. The van der Waals surface area contributed by atoms with Gasteiger partial charge in [-0.1, -0.05) is 31.6 Å². The first-order chi connectivity index (χ1) is 10.3. The van der Waals surface area contributed by atoms with Crippen LogP contribution in [0.5, 0.6) is 5.75 Å². The molecule has 3 nitrogen and oxygen atoms in total. The van der Waals surface area contributed by atoms with E-state index in [4.69, 9.17) is 15.2 Å². The maximum Gasteiger partial charge on any atom is 0.119 e. The smallest absolute Gasteiger partial charge is 0.119 e. The highest BCUT2D eigenvalue weighted by atomic mass is 16.5. The first kappa shape index (κ1) is 15.9. The molecule has 0 amide bonds. The van der Waals surface area contributed by atoms with Crippen LogP contribution in [0, 0.1) is 17.8 Å². The van der Waals surface area contributed by atoms with Crippen molar-refractivity contribution in [2.45, 2.75) is 38.7 Å². The number of nitrogens with two attached hydrogens (primary N) is 1. The largest absolute Gasteiger partial charge is 0.491 e. The molecule has 0 heterocycles. The Kier molecular flexibility index (Phi) is 6.59. The fourth-order valence-corrected chi connectivity index (χ4v) is 2.69. The zero-order valence-electron chi connectivity index (χ0n) is 12.8. The molecule has 1 aromatic rings. The quantitative estimate of drug-likeness (QED) is 0.669. The van der Waals surface area contributed by atoms with E-state index in [-0.39, 0.29) is 0 Å². The van der Waals surface area contributed by atoms with Gasteiger partial charge in [0.2, 0.25) is 0 Å². The minimum Gasteiger partial charge on any atom is -0.491 e. The Morgan fingerprint density at radius 2 is 2.00 bits per heavy atom. The van der Waals surface area contributed by atoms with Crippen molar-refractivity contribution in [3.8, 4) is 17.6 Å². The molecule has 0 radical (unpaired) electrons. The third-order valence-corrected chi connectivity index (χ3v) is 3.78. The normalized spacial score (nSPS) is 21.4. The molecular formula is C18H25NO2. The predicted octanol–water partition coefficient (Wildman–Crippen LogP) is 2.97. The van der Waals surface area contributed by atoms with Gasteiger partial charge < -0.3 is 15.2 Å². The molecule has 2 rings (SSSR count). The van der Waals surface area contributed by atoms with Crippen molar-refractivity contribution in [1.82, 2.24) is 0 Å². The van der Waals surface area contributed by atoms with Crippen molar-refractivity contribution in [3.63, 3.8) is 0 Å². The van der Waals surface area contributed by atoms with Gasteiger partial charge in [-0.25, -0.2) is 0 Å². The van der Waals surface area contributed by atoms with Gasteiger partial charge in [-0.05, 0) is 43.0 Å². The first-order valence-corrected chi connectivity index (χ1v) is 7.81. The van der Waals surface area contributed by atoms with Crippen LogP contribution in [0.25, 0.3) is 0 Å². The average molecular weight is 287 g/mol. The lowest BCUT2D eigenvalue weighted by Crippen LogP contribution is -2.23. The van der Waals surface area contributed by atoms with Gasteiger partial charge in [-0.15, -0.1) is 0 Å². The van der Waals surface area contributed by atoms with Crippen molar-refractivity contribution in [2.24, 2.45) is 11.7 Å². The average Bonchev–Trinajstić information content (AvgIpc) is 2.51. The monoisotopic (exact) mass is 287 g/mol. The Morgan fingerprint density at radius 1 is 1.19 bits per heavy atom. The molecule has 2 unspecified atom stereocenters. The van der Waals surface area contributed by atoms with Crippen molar-refractivity contribution in [2.75, 3.05) is 19.8 Å². The molecule has 3 heteroatoms. The van der Waals surface area contributed by atoms with Gasteiger partial charge in [0.25, 0.3) is 0 Å². The zero-order chi connectivity index (χ0) is 14.9. The van der Waals surface area contributed by atoms with Crippen LogP contribution in [0.15, 0.2) is 24.3 Å². The SMILES string of the molecule is CC1CCCC(OCCOc2ccc(C#CCN)cc2)C1. The van der Waals surface area contributed by atoms with Crippen LogP contribution in [0.1, 0.15) is 38.2 Å². The molecule has 2 atom stereocenters. The Hall–Kier alpha value is -1.50. The van der Waals surface area contributed by atoms with Crippen LogP contribution in [-0.2, 0) is 4.74 Å².